The summed E-state index contributed by atoms with van der Waals surface area (Å²) in [5, 5.41) is 0. The molecule has 2 rings (SSSR count). The van der Waals surface area contributed by atoms with Crippen LogP contribution in [0.2, 0.25) is 0 Å². The zero-order valence-electron chi connectivity index (χ0n) is 11.9. The number of hydrogen-bond donors (Lipinski definition) is 2. The molecule has 22 heavy (non-hydrogen) atoms. The summed E-state index contributed by atoms with van der Waals surface area (Å²) in [5.74, 6) is -3.27. The number of ether oxygens (including phenoxy) is 1. The van der Waals surface area contributed by atoms with Gasteiger partial charge < -0.3 is 10.5 Å². The maximum absolute atomic E-state index is 13.4. The zero-order chi connectivity index (χ0) is 16.5. The van der Waals surface area contributed by atoms with Crippen LogP contribution >= 0.6 is 0 Å². The second kappa shape index (κ2) is 5.81. The van der Waals surface area contributed by atoms with Gasteiger partial charge in [-0.2, -0.15) is 0 Å². The number of anilines is 1. The first kappa shape index (κ1) is 16.6. The Morgan fingerprint density at radius 3 is 2.27 bits per heavy atom. The number of sulfonamides is 1. The highest BCUT2D eigenvalue weighted by atomic mass is 32.2. The van der Waals surface area contributed by atoms with Gasteiger partial charge in [-0.1, -0.05) is 0 Å². The molecule has 0 radical (unpaired) electrons. The number of nitrogens with two attached hydrogens (primary N) is 1. The largest absolute Gasteiger partial charge is 0.394 e. The first-order valence-corrected chi connectivity index (χ1v) is 8.07. The monoisotopic (exact) mass is 338 g/mol. The predicted octanol–water partition coefficient (Wildman–Crippen LogP) is 1.80. The van der Waals surface area contributed by atoms with Crippen LogP contribution < -0.4 is 10.5 Å². The molecule has 0 atom stereocenters. The van der Waals surface area contributed by atoms with Crippen molar-refractivity contribution >= 4 is 21.6 Å². The Labute approximate surface area is 129 Å². The first-order valence-electron chi connectivity index (χ1n) is 6.59. The van der Waals surface area contributed by atoms with E-state index in [0.717, 1.165) is 12.8 Å². The number of carbonyl (C=O) groups is 1. The van der Waals surface area contributed by atoms with E-state index in [9.17, 15) is 22.0 Å². The molecule has 0 unspecified atom stereocenters. The van der Waals surface area contributed by atoms with E-state index in [4.69, 9.17) is 10.5 Å². The minimum absolute atomic E-state index is 0. The van der Waals surface area contributed by atoms with Crippen molar-refractivity contribution in [3.8, 4) is 0 Å². The van der Waals surface area contributed by atoms with E-state index in [1.54, 1.807) is 0 Å². The molecule has 0 heterocycles. The molecular weight excluding hydrogens is 318 g/mol. The van der Waals surface area contributed by atoms with Crippen LogP contribution in [0.3, 0.4) is 0 Å². The minimum Gasteiger partial charge on any atom is -0.394 e. The highest BCUT2D eigenvalue weighted by Gasteiger charge is 2.43. The highest BCUT2D eigenvalue weighted by molar-refractivity contribution is 7.90. The fourth-order valence-corrected chi connectivity index (χ4v) is 3.53. The summed E-state index contributed by atoms with van der Waals surface area (Å²) in [6.45, 7) is 0. The van der Waals surface area contributed by atoms with Crippen LogP contribution in [0.25, 0.3) is 0 Å². The van der Waals surface area contributed by atoms with Crippen molar-refractivity contribution in [1.82, 2.24) is 4.72 Å². The van der Waals surface area contributed by atoms with Crippen LogP contribution in [-0.2, 0) is 19.6 Å². The molecule has 1 aliphatic rings. The third-order valence-corrected chi connectivity index (χ3v) is 5.12. The Hall–Kier alpha value is -1.74. The number of hydrogen-bond acceptors (Lipinski definition) is 5. The number of amides is 1. The topological polar surface area (TPSA) is 98.5 Å². The summed E-state index contributed by atoms with van der Waals surface area (Å²) in [6, 6.07) is 1.12. The van der Waals surface area contributed by atoms with E-state index in [-0.39, 0.29) is 2.85 Å². The third-order valence-electron chi connectivity index (χ3n) is 3.81. The zero-order valence-corrected chi connectivity index (χ0v) is 12.7. The quantitative estimate of drug-likeness (QED) is 0.816. The maximum atomic E-state index is 13.4. The van der Waals surface area contributed by atoms with Gasteiger partial charge in [0.1, 0.15) is 22.9 Å². The molecule has 9 heteroatoms. The summed E-state index contributed by atoms with van der Waals surface area (Å²) in [5.41, 5.74) is 3.08. The molecule has 1 amide bonds. The van der Waals surface area contributed by atoms with Gasteiger partial charge in [-0.25, -0.2) is 21.9 Å². The molecule has 0 spiro atoms. The number of halogens is 2. The molecule has 3 N–H and O–H groups in total. The normalized spacial score (nSPS) is 17.4. The number of nitrogens with one attached hydrogen (secondary N) is 1. The minimum atomic E-state index is -4.42. The summed E-state index contributed by atoms with van der Waals surface area (Å²) in [6.07, 6.45) is 2.23. The smallest absolute Gasteiger partial charge is 0.265 e. The fourth-order valence-electron chi connectivity index (χ4n) is 2.46. The lowest BCUT2D eigenvalue weighted by molar-refractivity contribution is -0.140. The molecule has 0 saturated heterocycles. The van der Waals surface area contributed by atoms with E-state index in [1.165, 1.54) is 7.11 Å². The van der Waals surface area contributed by atoms with Crippen LogP contribution in [0.15, 0.2) is 17.0 Å². The van der Waals surface area contributed by atoms with Gasteiger partial charge in [-0.05, 0) is 37.8 Å². The number of carbonyl (C=O) groups excluding carboxylic acids is 1. The number of nitrogen functional groups attached to an aromatic ring is 1. The lowest BCUT2D eigenvalue weighted by atomic mass is 10.0. The van der Waals surface area contributed by atoms with Crippen LogP contribution in [0.4, 0.5) is 14.5 Å². The molecule has 126 valence electrons. The molecule has 0 aromatic heterocycles. The Bertz CT molecular complexity index is 687. The summed E-state index contributed by atoms with van der Waals surface area (Å²) >= 11 is 0. The molecule has 1 aromatic rings. The number of benzene rings is 1. The summed E-state index contributed by atoms with van der Waals surface area (Å²) in [4.78, 5) is 11.5. The highest BCUT2D eigenvalue weighted by Crippen LogP contribution is 2.33. The van der Waals surface area contributed by atoms with Crippen LogP contribution in [0.1, 0.15) is 28.5 Å². The van der Waals surface area contributed by atoms with Gasteiger partial charge >= 0.3 is 0 Å². The Morgan fingerprint density at radius 1 is 1.32 bits per heavy atom. The molecule has 1 aliphatic carbocycles. The second-order valence-corrected chi connectivity index (χ2v) is 6.82. The van der Waals surface area contributed by atoms with Crippen LogP contribution in [0, 0.1) is 11.6 Å². The van der Waals surface area contributed by atoms with Gasteiger partial charge in [0.2, 0.25) is 0 Å². The van der Waals surface area contributed by atoms with Crippen molar-refractivity contribution in [2.75, 3.05) is 12.8 Å². The van der Waals surface area contributed by atoms with Crippen molar-refractivity contribution in [2.45, 2.75) is 36.2 Å². The average Bonchev–Trinajstić information content (AvgIpc) is 2.93. The standard InChI is InChI=1S/C13H16F2N2O4S.2H2/c1-21-13(4-2-3-5-13)12(18)17-22(19,20)8-6-9(14)11(16)10(15)7-8;;/h6-7H,2-5,16H2,1H3,(H,17,18);2*1H. The van der Waals surface area contributed by atoms with Gasteiger partial charge in [0, 0.05) is 9.96 Å². The van der Waals surface area contributed by atoms with E-state index in [0.29, 0.717) is 25.0 Å². The molecule has 0 aliphatic heterocycles. The Kier molecular flexibility index (Phi) is 4.39. The van der Waals surface area contributed by atoms with Gasteiger partial charge in [-0.3, -0.25) is 4.79 Å². The van der Waals surface area contributed by atoms with Gasteiger partial charge in [0.15, 0.2) is 0 Å². The van der Waals surface area contributed by atoms with E-state index < -0.39 is 43.7 Å². The molecule has 0 bridgehead atoms. The van der Waals surface area contributed by atoms with Crippen molar-refractivity contribution < 1.29 is 29.6 Å². The van der Waals surface area contributed by atoms with Gasteiger partial charge in [-0.15, -0.1) is 0 Å². The first-order chi connectivity index (χ1) is 10.2. The maximum Gasteiger partial charge on any atom is 0.265 e. The van der Waals surface area contributed by atoms with E-state index in [2.05, 4.69) is 0 Å². The predicted molar refractivity (Wildman–Crippen MR) is 78.5 cm³/mol. The van der Waals surface area contributed by atoms with E-state index in [1.807, 2.05) is 4.72 Å². The van der Waals surface area contributed by atoms with Crippen molar-refractivity contribution in [3.05, 3.63) is 23.8 Å². The molecule has 1 fully saturated rings. The molecule has 1 aromatic carbocycles. The lowest BCUT2D eigenvalue weighted by Gasteiger charge is -2.25. The Balaban J connectivity index is 0.00000264. The van der Waals surface area contributed by atoms with Crippen molar-refractivity contribution in [1.29, 1.82) is 0 Å². The number of methoxy groups -OCH3 is 1. The van der Waals surface area contributed by atoms with Gasteiger partial charge in [0.25, 0.3) is 15.9 Å². The van der Waals surface area contributed by atoms with Crippen molar-refractivity contribution in [2.24, 2.45) is 0 Å². The van der Waals surface area contributed by atoms with Crippen LogP contribution in [-0.4, -0.2) is 27.0 Å². The second-order valence-electron chi connectivity index (χ2n) is 5.14. The lowest BCUT2D eigenvalue weighted by Crippen LogP contribution is -2.48. The third kappa shape index (κ3) is 2.91. The SMILES string of the molecule is COC1(C(=O)NS(=O)(=O)c2cc(F)c(N)c(F)c2)CCCC1.[HH].[HH]. The van der Waals surface area contributed by atoms with Crippen molar-refractivity contribution in [3.63, 3.8) is 0 Å². The average molecular weight is 338 g/mol. The molecule has 6 nitrogen and oxygen atoms in total. The summed E-state index contributed by atoms with van der Waals surface area (Å²) < 4.78 is 58.0. The summed E-state index contributed by atoms with van der Waals surface area (Å²) in [7, 11) is -3.10. The molecule has 1 saturated carbocycles. The van der Waals surface area contributed by atoms with Crippen LogP contribution in [0.5, 0.6) is 0 Å². The number of rotatable bonds is 4. The fraction of sp³-hybridized carbons (Fsp3) is 0.462. The van der Waals surface area contributed by atoms with Gasteiger partial charge in [0.05, 0.1) is 4.90 Å². The van der Waals surface area contributed by atoms with E-state index >= 15 is 0 Å². The Morgan fingerprint density at radius 2 is 1.82 bits per heavy atom. The molecular formula is C13H20F2N2O4S.